The molecular weight excluding hydrogens is 1010 g/mol. The van der Waals surface area contributed by atoms with Crippen molar-refractivity contribution in [2.45, 2.75) is 65.6 Å². The number of hydrogen-bond donors (Lipinski definition) is 5. The van der Waals surface area contributed by atoms with E-state index in [2.05, 4.69) is 35.7 Å². The molecule has 4 heterocycles. The normalized spacial score (nSPS) is 13.5. The van der Waals surface area contributed by atoms with Crippen LogP contribution in [0.5, 0.6) is 17.2 Å². The van der Waals surface area contributed by atoms with Gasteiger partial charge < -0.3 is 39.5 Å². The first kappa shape index (κ1) is 53.1. The zero-order valence-corrected chi connectivity index (χ0v) is 43.7. The number of nitrogens with one attached hydrogen (secondary N) is 2. The number of nitrogens with zero attached hydrogens (tertiary/aromatic N) is 7. The number of phenols is 2. The lowest BCUT2D eigenvalue weighted by molar-refractivity contribution is -0.138. The summed E-state index contributed by atoms with van der Waals surface area (Å²) in [5, 5.41) is 37.2. The molecule has 5 N–H and O–H groups in total. The van der Waals surface area contributed by atoms with Gasteiger partial charge in [-0.2, -0.15) is 0 Å². The number of furan rings is 1. The minimum Gasteiger partial charge on any atom is -0.508 e. The van der Waals surface area contributed by atoms with E-state index in [9.17, 15) is 33.0 Å². The molecule has 76 heavy (non-hydrogen) atoms. The van der Waals surface area contributed by atoms with E-state index in [4.69, 9.17) is 20.8 Å². The zero-order valence-electron chi connectivity index (χ0n) is 42.1. The molecule has 0 saturated carbocycles. The third kappa shape index (κ3) is 12.5. The first-order valence-electron chi connectivity index (χ1n) is 25.0. The number of phenolic OH excluding ortho intramolecular Hbond substituents is 2. The second-order valence-corrected chi connectivity index (χ2v) is 20.3. The lowest BCUT2D eigenvalue weighted by Crippen LogP contribution is -2.42. The largest absolute Gasteiger partial charge is 0.508 e. The molecule has 20 heteroatoms. The minimum atomic E-state index is -2.01. The fourth-order valence-electron chi connectivity index (χ4n) is 9.31. The van der Waals surface area contributed by atoms with E-state index in [0.29, 0.717) is 107 Å². The van der Waals surface area contributed by atoms with E-state index in [1.54, 1.807) is 52.8 Å². The van der Waals surface area contributed by atoms with E-state index in [0.717, 1.165) is 16.5 Å². The van der Waals surface area contributed by atoms with Crippen LogP contribution in [-0.2, 0) is 35.6 Å². The number of benzene rings is 5. The number of rotatable bonds is 20. The zero-order chi connectivity index (χ0) is 53.5. The molecule has 1 aliphatic heterocycles. The Morgan fingerprint density at radius 3 is 2.47 bits per heavy atom. The minimum absolute atomic E-state index is 0.0326. The summed E-state index contributed by atoms with van der Waals surface area (Å²) in [5.74, 6) is 1.07. The second kappa shape index (κ2) is 23.9. The highest BCUT2D eigenvalue weighted by molar-refractivity contribution is 7.79. The number of piperidine rings is 1. The molecule has 0 radical (unpaired) electrons. The molecule has 17 nitrogen and oxygen atoms in total. The van der Waals surface area contributed by atoms with Gasteiger partial charge in [0, 0.05) is 53.9 Å². The molecule has 1 aliphatic rings. The third-order valence-corrected chi connectivity index (χ3v) is 14.1. The fourth-order valence-corrected chi connectivity index (χ4v) is 9.92. The average molecular weight is 1070 g/mol. The van der Waals surface area contributed by atoms with E-state index in [1.165, 1.54) is 24.5 Å². The molecule has 0 aliphatic carbocycles. The van der Waals surface area contributed by atoms with Crippen LogP contribution in [0.4, 0.5) is 15.9 Å². The van der Waals surface area contributed by atoms with Gasteiger partial charge in [-0.1, -0.05) is 49.7 Å². The van der Waals surface area contributed by atoms with Gasteiger partial charge in [-0.3, -0.25) is 19.1 Å². The van der Waals surface area contributed by atoms with Crippen molar-refractivity contribution in [1.29, 1.82) is 0 Å². The SMILES string of the molecule is CCNC(=O)c1nnc(-c2cc(C(C)C)c(O)cc2O)n1-c1ccc(CN2CCC(C(=O)N(CCCS(=O)O)Cc3ccc(-c4ccc5ncnc(Nc6ccc(OCc7cccc(F)c7)c(Cl)c6)c5c4)o3)CC2)cc1. The summed E-state index contributed by atoms with van der Waals surface area (Å²) < 4.78 is 48.8. The van der Waals surface area contributed by atoms with Crippen molar-refractivity contribution in [3.05, 3.63) is 155 Å². The summed E-state index contributed by atoms with van der Waals surface area (Å²) in [4.78, 5) is 40.5. The second-order valence-electron chi connectivity index (χ2n) is 18.9. The van der Waals surface area contributed by atoms with Crippen molar-refractivity contribution < 1.29 is 42.1 Å². The van der Waals surface area contributed by atoms with Gasteiger partial charge in [0.25, 0.3) is 5.91 Å². The molecule has 394 valence electrons. The maximum atomic E-state index is 14.3. The van der Waals surface area contributed by atoms with Gasteiger partial charge in [-0.25, -0.2) is 18.6 Å². The van der Waals surface area contributed by atoms with Crippen molar-refractivity contribution in [3.63, 3.8) is 0 Å². The van der Waals surface area contributed by atoms with Crippen molar-refractivity contribution in [2.24, 2.45) is 5.92 Å². The van der Waals surface area contributed by atoms with E-state index >= 15 is 0 Å². The van der Waals surface area contributed by atoms with Crippen LogP contribution < -0.4 is 15.4 Å². The highest BCUT2D eigenvalue weighted by Crippen LogP contribution is 2.39. The molecular formula is C56H57ClFN9O8S. The number of halogens is 2. The molecule has 9 rings (SSSR count). The maximum Gasteiger partial charge on any atom is 0.289 e. The number of amides is 2. The van der Waals surface area contributed by atoms with Crippen molar-refractivity contribution in [3.8, 4) is 45.6 Å². The number of ether oxygens (including phenoxy) is 1. The Morgan fingerprint density at radius 1 is 0.934 bits per heavy atom. The van der Waals surface area contributed by atoms with E-state index < -0.39 is 17.0 Å². The predicted molar refractivity (Wildman–Crippen MR) is 289 cm³/mol. The summed E-state index contributed by atoms with van der Waals surface area (Å²) in [5.41, 5.74) is 5.33. The molecule has 5 aromatic carbocycles. The molecule has 1 unspecified atom stereocenters. The summed E-state index contributed by atoms with van der Waals surface area (Å²) >= 11 is 4.59. The predicted octanol–water partition coefficient (Wildman–Crippen LogP) is 10.4. The Balaban J connectivity index is 0.846. The number of hydrogen-bond acceptors (Lipinski definition) is 13. The van der Waals surface area contributed by atoms with Crippen LogP contribution in [0, 0.1) is 11.7 Å². The first-order valence-corrected chi connectivity index (χ1v) is 26.6. The van der Waals surface area contributed by atoms with Crippen LogP contribution in [0.2, 0.25) is 5.02 Å². The Morgan fingerprint density at radius 2 is 1.74 bits per heavy atom. The molecule has 0 bridgehead atoms. The number of carbonyl (C=O) groups is 2. The van der Waals surface area contributed by atoms with Crippen LogP contribution in [0.3, 0.4) is 0 Å². The summed E-state index contributed by atoms with van der Waals surface area (Å²) in [6.45, 7) is 8.59. The molecule has 8 aromatic rings. The monoisotopic (exact) mass is 1070 g/mol. The van der Waals surface area contributed by atoms with E-state index in [1.807, 2.05) is 68.4 Å². The van der Waals surface area contributed by atoms with Crippen LogP contribution in [-0.4, -0.2) is 97.3 Å². The summed E-state index contributed by atoms with van der Waals surface area (Å²) in [7, 11) is 0. The van der Waals surface area contributed by atoms with Crippen LogP contribution >= 0.6 is 11.6 Å². The smallest absolute Gasteiger partial charge is 0.289 e. The lowest BCUT2D eigenvalue weighted by Gasteiger charge is -2.34. The molecule has 1 saturated heterocycles. The maximum absolute atomic E-state index is 14.3. The Bertz CT molecular complexity index is 3400. The van der Waals surface area contributed by atoms with Crippen molar-refractivity contribution in [2.75, 3.05) is 37.2 Å². The fraction of sp³-hybridized carbons (Fsp3) is 0.286. The van der Waals surface area contributed by atoms with Crippen LogP contribution in [0.1, 0.15) is 79.0 Å². The Kier molecular flexibility index (Phi) is 16.7. The Hall–Kier alpha value is -7.71. The van der Waals surface area contributed by atoms with E-state index in [-0.39, 0.29) is 72.2 Å². The number of carbonyl (C=O) groups excluding carboxylic acids is 2. The van der Waals surface area contributed by atoms with Crippen molar-refractivity contribution >= 4 is 56.9 Å². The van der Waals surface area contributed by atoms with Gasteiger partial charge in [-0.15, -0.1) is 10.2 Å². The summed E-state index contributed by atoms with van der Waals surface area (Å²) in [6, 6.07) is 31.4. The van der Waals surface area contributed by atoms with Gasteiger partial charge in [0.15, 0.2) is 16.9 Å². The summed E-state index contributed by atoms with van der Waals surface area (Å²) in [6.07, 6.45) is 3.04. The Labute approximate surface area is 446 Å². The van der Waals surface area contributed by atoms with Crippen molar-refractivity contribution in [1.82, 2.24) is 39.8 Å². The molecule has 2 amide bonds. The highest BCUT2D eigenvalue weighted by Gasteiger charge is 2.30. The lowest BCUT2D eigenvalue weighted by atomic mass is 9.94. The molecule has 3 aromatic heterocycles. The number of likely N-dealkylation sites (tertiary alicyclic amines) is 1. The topological polar surface area (TPSA) is 221 Å². The third-order valence-electron chi connectivity index (χ3n) is 13.2. The average Bonchev–Trinajstić information content (AvgIpc) is 4.07. The highest BCUT2D eigenvalue weighted by atomic mass is 35.5. The number of fused-ring (bicyclic) bond motifs is 1. The first-order chi connectivity index (χ1) is 36.7. The quantitative estimate of drug-likeness (QED) is 0.0448. The molecule has 1 atom stereocenters. The van der Waals surface area contributed by atoms with Gasteiger partial charge in [-0.05, 0) is 141 Å². The standard InChI is InChI=1S/C56H57ClFN9O8S/c1-4-59-55(70)54-64-63-53(45-28-43(34(2)3)48(68)29-49(45)69)67(54)41-13-9-35(10-14-41)30-65-22-19-37(20-23-65)56(71)66(21-6-24-76(72)73)31-42-15-18-50(75-42)38-11-16-47-44(26-38)52(61-33-60-47)62-40-12-17-51(46(57)27-40)74-32-36-7-5-8-39(58)25-36/h5,7-18,25-29,33-34,37,68-69H,4,6,19-24,30-32H2,1-3H3,(H,59,70)(H,72,73)(H,60,61,62). The number of aromatic nitrogens is 5. The molecule has 0 spiro atoms. The van der Waals surface area contributed by atoms with Crippen LogP contribution in [0.25, 0.3) is 39.3 Å². The van der Waals surface area contributed by atoms with Gasteiger partial charge in [0.1, 0.15) is 53.3 Å². The van der Waals surface area contributed by atoms with Gasteiger partial charge >= 0.3 is 0 Å². The number of anilines is 2. The van der Waals surface area contributed by atoms with Gasteiger partial charge in [0.05, 0.1) is 28.4 Å². The van der Waals surface area contributed by atoms with Gasteiger partial charge in [0.2, 0.25) is 11.7 Å². The van der Waals surface area contributed by atoms with Crippen LogP contribution in [0.15, 0.2) is 120 Å². The number of aromatic hydroxyl groups is 2. The molecule has 1 fully saturated rings.